The molecule has 138 valence electrons. The van der Waals surface area contributed by atoms with Gasteiger partial charge in [0.1, 0.15) is 0 Å². The molecular formula is C21H27N3O2. The Morgan fingerprint density at radius 1 is 0.808 bits per heavy atom. The van der Waals surface area contributed by atoms with Gasteiger partial charge in [-0.05, 0) is 37.9 Å². The summed E-state index contributed by atoms with van der Waals surface area (Å²) in [5.41, 5.74) is 1.29. The molecule has 4 rings (SSSR count). The predicted octanol–water partition coefficient (Wildman–Crippen LogP) is 2.15. The summed E-state index contributed by atoms with van der Waals surface area (Å²) < 4.78 is 0. The second-order valence-corrected chi connectivity index (χ2v) is 7.50. The van der Waals surface area contributed by atoms with Crippen molar-refractivity contribution in [2.45, 2.75) is 19.3 Å². The Labute approximate surface area is 155 Å². The van der Waals surface area contributed by atoms with Crippen LogP contribution in [0.15, 0.2) is 42.5 Å². The lowest BCUT2D eigenvalue weighted by molar-refractivity contribution is -0.140. The maximum absolute atomic E-state index is 12.5. The lowest BCUT2D eigenvalue weighted by Gasteiger charge is -2.36. The van der Waals surface area contributed by atoms with Crippen LogP contribution in [0.2, 0.25) is 0 Å². The van der Waals surface area contributed by atoms with Gasteiger partial charge in [-0.25, -0.2) is 0 Å². The molecule has 0 radical (unpaired) electrons. The van der Waals surface area contributed by atoms with Crippen LogP contribution in [-0.2, 0) is 9.59 Å². The van der Waals surface area contributed by atoms with Gasteiger partial charge < -0.3 is 4.90 Å². The number of para-hydroxylation sites is 1. The molecule has 5 nitrogen and oxygen atoms in total. The lowest BCUT2D eigenvalue weighted by Crippen LogP contribution is -2.47. The monoisotopic (exact) mass is 353 g/mol. The first-order valence-electron chi connectivity index (χ1n) is 9.76. The van der Waals surface area contributed by atoms with Gasteiger partial charge >= 0.3 is 0 Å². The first kappa shape index (κ1) is 17.3. The van der Waals surface area contributed by atoms with Gasteiger partial charge in [-0.3, -0.25) is 19.4 Å². The fraction of sp³-hybridized carbons (Fsp3) is 0.524. The molecule has 2 atom stereocenters. The Morgan fingerprint density at radius 3 is 2.04 bits per heavy atom. The molecule has 1 aliphatic carbocycles. The van der Waals surface area contributed by atoms with E-state index in [2.05, 4.69) is 34.1 Å². The van der Waals surface area contributed by atoms with Crippen LogP contribution in [0.4, 0.5) is 5.69 Å². The van der Waals surface area contributed by atoms with Gasteiger partial charge in [0.25, 0.3) is 0 Å². The molecule has 2 fully saturated rings. The maximum atomic E-state index is 12.5. The normalized spacial score (nSPS) is 26.5. The minimum atomic E-state index is -0.0954. The molecule has 0 aromatic heterocycles. The third-order valence-electron chi connectivity index (χ3n) is 5.95. The summed E-state index contributed by atoms with van der Waals surface area (Å²) in [4.78, 5) is 31.4. The SMILES string of the molecule is O=C1C2CC=CCC2C(=O)N1CCCN1CCN(c2ccccc2)CC1. The van der Waals surface area contributed by atoms with Crippen LogP contribution < -0.4 is 4.90 Å². The third-order valence-corrected chi connectivity index (χ3v) is 5.95. The standard InChI is InChI=1S/C21H27N3O2/c25-20-18-9-4-5-10-19(18)21(26)24(20)12-6-11-22-13-15-23(16-14-22)17-7-2-1-3-8-17/h1-5,7-8,18-19H,6,9-16H2. The summed E-state index contributed by atoms with van der Waals surface area (Å²) in [6.45, 7) is 5.65. The number of allylic oxidation sites excluding steroid dienone is 2. The summed E-state index contributed by atoms with van der Waals surface area (Å²) in [7, 11) is 0. The van der Waals surface area contributed by atoms with Crippen LogP contribution >= 0.6 is 0 Å². The zero-order valence-corrected chi connectivity index (χ0v) is 15.2. The average Bonchev–Trinajstić information content (AvgIpc) is 2.94. The third kappa shape index (κ3) is 3.40. The molecule has 0 saturated carbocycles. The van der Waals surface area contributed by atoms with Crippen molar-refractivity contribution in [3.05, 3.63) is 42.5 Å². The van der Waals surface area contributed by atoms with E-state index in [1.165, 1.54) is 10.6 Å². The molecule has 0 bridgehead atoms. The summed E-state index contributed by atoms with van der Waals surface area (Å²) in [6.07, 6.45) is 6.42. The molecule has 0 spiro atoms. The van der Waals surface area contributed by atoms with Crippen LogP contribution in [0.5, 0.6) is 0 Å². The van der Waals surface area contributed by atoms with Crippen LogP contribution in [-0.4, -0.2) is 60.9 Å². The molecule has 2 amide bonds. The van der Waals surface area contributed by atoms with Gasteiger partial charge in [0, 0.05) is 38.4 Å². The largest absolute Gasteiger partial charge is 0.369 e. The molecule has 0 N–H and O–H groups in total. The zero-order chi connectivity index (χ0) is 17.9. The lowest BCUT2D eigenvalue weighted by atomic mass is 9.85. The van der Waals surface area contributed by atoms with Crippen molar-refractivity contribution in [2.75, 3.05) is 44.2 Å². The molecule has 2 aliphatic heterocycles. The summed E-state index contributed by atoms with van der Waals surface area (Å²) in [5.74, 6) is -0.0830. The van der Waals surface area contributed by atoms with Gasteiger partial charge in [0.05, 0.1) is 11.8 Å². The van der Waals surface area contributed by atoms with Crippen molar-refractivity contribution in [1.82, 2.24) is 9.80 Å². The first-order chi connectivity index (χ1) is 12.7. The van der Waals surface area contributed by atoms with Crippen molar-refractivity contribution in [2.24, 2.45) is 11.8 Å². The smallest absolute Gasteiger partial charge is 0.233 e. The molecule has 3 aliphatic rings. The van der Waals surface area contributed by atoms with E-state index >= 15 is 0 Å². The number of fused-ring (bicyclic) bond motifs is 1. The van der Waals surface area contributed by atoms with Crippen LogP contribution in [0.3, 0.4) is 0 Å². The molecule has 2 saturated heterocycles. The fourth-order valence-corrected chi connectivity index (χ4v) is 4.41. The first-order valence-corrected chi connectivity index (χ1v) is 9.76. The Bertz CT molecular complexity index is 654. The molecule has 2 heterocycles. The highest BCUT2D eigenvalue weighted by atomic mass is 16.2. The van der Waals surface area contributed by atoms with E-state index in [9.17, 15) is 9.59 Å². The number of likely N-dealkylation sites (tertiary alicyclic amines) is 1. The quantitative estimate of drug-likeness (QED) is 0.601. The average molecular weight is 353 g/mol. The molecule has 1 aromatic rings. The Kier molecular flexibility index (Phi) is 5.07. The number of hydrogen-bond donors (Lipinski definition) is 0. The van der Waals surface area contributed by atoms with Gasteiger partial charge in [-0.15, -0.1) is 0 Å². The number of rotatable bonds is 5. The number of carbonyl (C=O) groups excluding carboxylic acids is 2. The van der Waals surface area contributed by atoms with Crippen molar-refractivity contribution in [1.29, 1.82) is 0 Å². The van der Waals surface area contributed by atoms with Gasteiger partial charge in [0.15, 0.2) is 0 Å². The van der Waals surface area contributed by atoms with E-state index in [4.69, 9.17) is 0 Å². The minimum Gasteiger partial charge on any atom is -0.369 e. The van der Waals surface area contributed by atoms with E-state index in [-0.39, 0.29) is 23.7 Å². The number of carbonyl (C=O) groups is 2. The number of nitrogens with zero attached hydrogens (tertiary/aromatic N) is 3. The van der Waals surface area contributed by atoms with Crippen LogP contribution in [0.25, 0.3) is 0 Å². The van der Waals surface area contributed by atoms with Crippen molar-refractivity contribution in [3.8, 4) is 0 Å². The van der Waals surface area contributed by atoms with Crippen LogP contribution in [0, 0.1) is 11.8 Å². The van der Waals surface area contributed by atoms with Gasteiger partial charge in [0.2, 0.25) is 11.8 Å². The van der Waals surface area contributed by atoms with E-state index in [1.54, 1.807) is 0 Å². The number of anilines is 1. The number of hydrogen-bond acceptors (Lipinski definition) is 4. The summed E-state index contributed by atoms with van der Waals surface area (Å²) in [5, 5.41) is 0. The minimum absolute atomic E-state index is 0.0539. The van der Waals surface area contributed by atoms with Crippen LogP contribution in [0.1, 0.15) is 19.3 Å². The maximum Gasteiger partial charge on any atom is 0.233 e. The van der Waals surface area contributed by atoms with E-state index in [1.807, 2.05) is 18.2 Å². The molecule has 1 aromatic carbocycles. The highest BCUT2D eigenvalue weighted by molar-refractivity contribution is 6.05. The van der Waals surface area contributed by atoms with Gasteiger partial charge in [-0.1, -0.05) is 30.4 Å². The topological polar surface area (TPSA) is 43.9 Å². The Balaban J connectivity index is 1.22. The number of imide groups is 1. The van der Waals surface area contributed by atoms with E-state index in [0.717, 1.165) is 52.0 Å². The van der Waals surface area contributed by atoms with Gasteiger partial charge in [-0.2, -0.15) is 0 Å². The van der Waals surface area contributed by atoms with E-state index < -0.39 is 0 Å². The van der Waals surface area contributed by atoms with Crippen molar-refractivity contribution < 1.29 is 9.59 Å². The Hall–Kier alpha value is -2.14. The molecule has 2 unspecified atom stereocenters. The second kappa shape index (κ2) is 7.62. The highest BCUT2D eigenvalue weighted by Crippen LogP contribution is 2.35. The second-order valence-electron chi connectivity index (χ2n) is 7.50. The molecule has 5 heteroatoms. The number of benzene rings is 1. The van der Waals surface area contributed by atoms with E-state index in [0.29, 0.717) is 6.54 Å². The summed E-state index contributed by atoms with van der Waals surface area (Å²) in [6, 6.07) is 10.5. The highest BCUT2D eigenvalue weighted by Gasteiger charge is 2.46. The number of amides is 2. The molecule has 26 heavy (non-hydrogen) atoms. The fourth-order valence-electron chi connectivity index (χ4n) is 4.41. The van der Waals surface area contributed by atoms with Crippen molar-refractivity contribution in [3.63, 3.8) is 0 Å². The van der Waals surface area contributed by atoms with Crippen molar-refractivity contribution >= 4 is 17.5 Å². The summed E-state index contributed by atoms with van der Waals surface area (Å²) >= 11 is 0. The molecular weight excluding hydrogens is 326 g/mol. The predicted molar refractivity (Wildman–Crippen MR) is 102 cm³/mol. The number of piperazine rings is 1. The zero-order valence-electron chi connectivity index (χ0n) is 15.2. The Morgan fingerprint density at radius 2 is 1.42 bits per heavy atom.